The van der Waals surface area contributed by atoms with E-state index in [0.29, 0.717) is 5.56 Å². The molecule has 0 unspecified atom stereocenters. The minimum atomic E-state index is -4.44. The molecule has 0 aliphatic rings. The van der Waals surface area contributed by atoms with Crippen LogP contribution in [0.4, 0.5) is 13.2 Å². The Balaban J connectivity index is 2.18. The zero-order valence-corrected chi connectivity index (χ0v) is 17.1. The molecule has 0 aliphatic carbocycles. The number of hydrogen-bond donors (Lipinski definition) is 0. The van der Waals surface area contributed by atoms with Gasteiger partial charge in [0.1, 0.15) is 6.54 Å². The van der Waals surface area contributed by atoms with E-state index < -0.39 is 40.9 Å². The lowest BCUT2D eigenvalue weighted by Crippen LogP contribution is -2.20. The van der Waals surface area contributed by atoms with Gasteiger partial charge in [-0.05, 0) is 44.5 Å². The number of Topliss-reactive ketones (excluding diaryl/α,β-unsaturated/α-hetero) is 1. The Hall–Kier alpha value is -2.62. The van der Waals surface area contributed by atoms with Gasteiger partial charge >= 0.3 is 12.1 Å². The number of nitrogens with zero attached hydrogens (tertiary/aromatic N) is 1. The number of alkyl halides is 3. The number of benzene rings is 1. The van der Waals surface area contributed by atoms with Gasteiger partial charge in [-0.25, -0.2) is 13.2 Å². The molecule has 6 nitrogen and oxygen atoms in total. The lowest BCUT2D eigenvalue weighted by Gasteiger charge is -2.12. The summed E-state index contributed by atoms with van der Waals surface area (Å²) in [5.41, 5.74) is 0.852. The third-order valence-corrected chi connectivity index (χ3v) is 5.51. The first-order valence-electron chi connectivity index (χ1n) is 8.45. The van der Waals surface area contributed by atoms with Gasteiger partial charge in [0.25, 0.3) is 0 Å². The highest BCUT2D eigenvalue weighted by Gasteiger charge is 2.30. The number of carbonyl (C=O) groups excluding carboxylic acids is 2. The fourth-order valence-electron chi connectivity index (χ4n) is 2.84. The molecule has 0 N–H and O–H groups in total. The highest BCUT2D eigenvalue weighted by Crippen LogP contribution is 2.23. The lowest BCUT2D eigenvalue weighted by atomic mass is 10.1. The van der Waals surface area contributed by atoms with E-state index in [-0.39, 0.29) is 27.4 Å². The van der Waals surface area contributed by atoms with Crippen LogP contribution in [0.3, 0.4) is 0 Å². The molecule has 1 aromatic carbocycles. The zero-order valence-electron chi connectivity index (χ0n) is 16.3. The predicted molar refractivity (Wildman–Crippen MR) is 98.9 cm³/mol. The highest BCUT2D eigenvalue weighted by molar-refractivity contribution is 7.90. The largest absolute Gasteiger partial charge is 0.454 e. The van der Waals surface area contributed by atoms with Gasteiger partial charge in [-0.3, -0.25) is 4.79 Å². The second kappa shape index (κ2) is 8.02. The Kier molecular flexibility index (Phi) is 6.27. The van der Waals surface area contributed by atoms with Gasteiger partial charge in [0, 0.05) is 23.2 Å². The van der Waals surface area contributed by atoms with E-state index in [1.165, 1.54) is 32.0 Å². The summed E-state index contributed by atoms with van der Waals surface area (Å²) in [7, 11) is -3.54. The summed E-state index contributed by atoms with van der Waals surface area (Å²) in [5.74, 6) is -1.55. The predicted octanol–water partition coefficient (Wildman–Crippen LogP) is 3.42. The second-order valence-corrected chi connectivity index (χ2v) is 8.75. The fourth-order valence-corrected chi connectivity index (χ4v) is 3.49. The summed E-state index contributed by atoms with van der Waals surface area (Å²) in [4.78, 5) is 24.6. The van der Waals surface area contributed by atoms with Gasteiger partial charge in [-0.1, -0.05) is 6.07 Å². The number of hydrogen-bond acceptors (Lipinski definition) is 5. The maximum absolute atomic E-state index is 12.7. The molecule has 0 amide bonds. The van der Waals surface area contributed by atoms with Crippen molar-refractivity contribution >= 4 is 21.6 Å². The summed E-state index contributed by atoms with van der Waals surface area (Å²) in [5, 5.41) is 0. The van der Waals surface area contributed by atoms with Crippen LogP contribution in [0.5, 0.6) is 0 Å². The molecule has 0 atom stereocenters. The minimum Gasteiger partial charge on any atom is -0.454 e. The van der Waals surface area contributed by atoms with Crippen molar-refractivity contribution in [2.75, 3.05) is 12.9 Å². The number of ketones is 1. The average Bonchev–Trinajstić information content (AvgIpc) is 2.85. The Morgan fingerprint density at radius 2 is 1.69 bits per heavy atom. The molecule has 2 rings (SSSR count). The molecule has 0 bridgehead atoms. The van der Waals surface area contributed by atoms with Crippen molar-refractivity contribution < 1.29 is 35.9 Å². The fraction of sp³-hybridized carbons (Fsp3) is 0.368. The van der Waals surface area contributed by atoms with E-state index in [4.69, 9.17) is 4.74 Å². The Bertz CT molecular complexity index is 1070. The number of sulfone groups is 1. The van der Waals surface area contributed by atoms with Gasteiger partial charge < -0.3 is 9.30 Å². The topological polar surface area (TPSA) is 82.4 Å². The monoisotopic (exact) mass is 431 g/mol. The van der Waals surface area contributed by atoms with Crippen LogP contribution in [-0.4, -0.2) is 43.8 Å². The molecular weight excluding hydrogens is 411 g/mol. The van der Waals surface area contributed by atoms with E-state index in [0.717, 1.165) is 16.9 Å². The van der Waals surface area contributed by atoms with Gasteiger partial charge in [0.2, 0.25) is 5.78 Å². The quantitative estimate of drug-likeness (QED) is 0.517. The van der Waals surface area contributed by atoms with Crippen LogP contribution >= 0.6 is 0 Å². The van der Waals surface area contributed by atoms with Crippen LogP contribution in [0, 0.1) is 20.8 Å². The number of esters is 1. The number of aryl methyl sites for hydroxylation is 2. The molecule has 1 aromatic heterocycles. The van der Waals surface area contributed by atoms with Crippen molar-refractivity contribution in [1.29, 1.82) is 0 Å². The summed E-state index contributed by atoms with van der Waals surface area (Å²) in [6.07, 6.45) is -3.45. The van der Waals surface area contributed by atoms with Crippen molar-refractivity contribution in [2.45, 2.75) is 38.4 Å². The smallest absolute Gasteiger partial charge is 0.406 e. The van der Waals surface area contributed by atoms with Crippen LogP contribution < -0.4 is 0 Å². The second-order valence-electron chi connectivity index (χ2n) is 6.73. The molecule has 10 heteroatoms. The summed E-state index contributed by atoms with van der Waals surface area (Å²) < 4.78 is 67.3. The van der Waals surface area contributed by atoms with E-state index in [1.54, 1.807) is 6.92 Å². The van der Waals surface area contributed by atoms with Gasteiger partial charge in [0.05, 0.1) is 10.5 Å². The minimum absolute atomic E-state index is 0.0109. The van der Waals surface area contributed by atoms with Crippen LogP contribution in [0.1, 0.15) is 37.7 Å². The molecule has 0 saturated carbocycles. The number of rotatable bonds is 6. The van der Waals surface area contributed by atoms with Gasteiger partial charge in [-0.2, -0.15) is 13.2 Å². The van der Waals surface area contributed by atoms with E-state index in [2.05, 4.69) is 0 Å². The first kappa shape index (κ1) is 22.7. The average molecular weight is 431 g/mol. The maximum atomic E-state index is 12.7. The maximum Gasteiger partial charge on any atom is 0.406 e. The summed E-state index contributed by atoms with van der Waals surface area (Å²) >= 11 is 0. The zero-order chi connectivity index (χ0) is 22.1. The number of carbonyl (C=O) groups is 2. The number of aromatic nitrogens is 1. The molecule has 2 aromatic rings. The van der Waals surface area contributed by atoms with Crippen LogP contribution in [0.15, 0.2) is 29.2 Å². The van der Waals surface area contributed by atoms with Crippen LogP contribution in [-0.2, 0) is 21.1 Å². The SMILES string of the molecule is Cc1ccc(S(C)(=O)=O)cc1C(=O)OCC(=O)c1cc(C)n(CC(F)(F)F)c1C. The van der Waals surface area contributed by atoms with Gasteiger partial charge in [0.15, 0.2) is 16.4 Å². The van der Waals surface area contributed by atoms with E-state index in [9.17, 15) is 31.2 Å². The first-order chi connectivity index (χ1) is 13.2. The van der Waals surface area contributed by atoms with Crippen molar-refractivity contribution in [3.8, 4) is 0 Å². The number of ether oxygens (including phenoxy) is 1. The molecule has 0 spiro atoms. The van der Waals surface area contributed by atoms with Crippen molar-refractivity contribution in [3.05, 3.63) is 52.3 Å². The van der Waals surface area contributed by atoms with E-state index >= 15 is 0 Å². The normalized spacial score (nSPS) is 12.1. The van der Waals surface area contributed by atoms with Crippen molar-refractivity contribution in [3.63, 3.8) is 0 Å². The van der Waals surface area contributed by atoms with E-state index in [1.807, 2.05) is 0 Å². The third kappa shape index (κ3) is 5.47. The molecule has 158 valence electrons. The van der Waals surface area contributed by atoms with Crippen molar-refractivity contribution in [1.82, 2.24) is 4.57 Å². The Morgan fingerprint density at radius 3 is 2.24 bits per heavy atom. The van der Waals surface area contributed by atoms with Crippen LogP contribution in [0.2, 0.25) is 0 Å². The molecule has 0 aliphatic heterocycles. The molecule has 29 heavy (non-hydrogen) atoms. The third-order valence-electron chi connectivity index (χ3n) is 4.40. The van der Waals surface area contributed by atoms with Gasteiger partial charge in [-0.15, -0.1) is 0 Å². The molecule has 0 fully saturated rings. The Morgan fingerprint density at radius 1 is 1.07 bits per heavy atom. The van der Waals surface area contributed by atoms with Crippen LogP contribution in [0.25, 0.3) is 0 Å². The standard InChI is InChI=1S/C19H20F3NO5S/c1-11-5-6-14(29(4,26)27)8-15(11)18(25)28-9-17(24)16-7-12(2)23(13(16)3)10-19(20,21)22/h5-8H,9-10H2,1-4H3. The molecule has 0 saturated heterocycles. The molecular formula is C19H20F3NO5S. The Labute approximate surface area is 166 Å². The molecule has 1 heterocycles. The molecule has 0 radical (unpaired) electrons. The summed E-state index contributed by atoms with van der Waals surface area (Å²) in [6, 6.07) is 5.26. The first-order valence-corrected chi connectivity index (χ1v) is 10.3. The summed E-state index contributed by atoms with van der Waals surface area (Å²) in [6.45, 7) is 2.50. The van der Waals surface area contributed by atoms with Crippen molar-refractivity contribution in [2.24, 2.45) is 0 Å². The lowest BCUT2D eigenvalue weighted by molar-refractivity contribution is -0.141. The number of halogens is 3. The highest BCUT2D eigenvalue weighted by atomic mass is 32.2.